The summed E-state index contributed by atoms with van der Waals surface area (Å²) in [6.45, 7) is 0. The number of nitrogen functional groups attached to an aromatic ring is 2. The summed E-state index contributed by atoms with van der Waals surface area (Å²) < 4.78 is 36.1. The van der Waals surface area contributed by atoms with Crippen molar-refractivity contribution < 1.29 is 28.4 Å². The van der Waals surface area contributed by atoms with Crippen LogP contribution in [0.5, 0.6) is 69.0 Å². The summed E-state index contributed by atoms with van der Waals surface area (Å²) in [5, 5.41) is 0. The number of ether oxygens (including phenoxy) is 6. The van der Waals surface area contributed by atoms with Crippen LogP contribution in [0.4, 0.5) is 11.4 Å². The van der Waals surface area contributed by atoms with E-state index in [9.17, 15) is 0 Å². The van der Waals surface area contributed by atoms with E-state index in [1.54, 1.807) is 12.1 Å². The Morgan fingerprint density at radius 1 is 0.220 bits per heavy atom. The fraction of sp³-hybridized carbons (Fsp3) is 0. The van der Waals surface area contributed by atoms with Gasteiger partial charge in [0.05, 0.1) is 0 Å². The van der Waals surface area contributed by atoms with E-state index in [1.165, 1.54) is 0 Å². The number of benzene rings is 7. The minimum Gasteiger partial charge on any atom is -0.457 e. The zero-order valence-corrected chi connectivity index (χ0v) is 26.8. The van der Waals surface area contributed by atoms with Crippen molar-refractivity contribution in [2.75, 3.05) is 11.5 Å². The molecule has 0 fully saturated rings. The van der Waals surface area contributed by atoms with Gasteiger partial charge in [0.1, 0.15) is 69.0 Å². The molecule has 50 heavy (non-hydrogen) atoms. The number of anilines is 2. The maximum absolute atomic E-state index is 6.09. The molecule has 8 nitrogen and oxygen atoms in total. The van der Waals surface area contributed by atoms with E-state index in [0.717, 1.165) is 0 Å². The van der Waals surface area contributed by atoms with Gasteiger partial charge in [-0.2, -0.15) is 0 Å². The monoisotopic (exact) mass is 660 g/mol. The molecule has 0 saturated heterocycles. The fourth-order valence-corrected chi connectivity index (χ4v) is 4.93. The Kier molecular flexibility index (Phi) is 9.33. The minimum absolute atomic E-state index is 0.628. The molecule has 0 amide bonds. The van der Waals surface area contributed by atoms with Crippen molar-refractivity contribution >= 4 is 11.4 Å². The highest BCUT2D eigenvalue weighted by atomic mass is 16.5. The zero-order valence-electron chi connectivity index (χ0n) is 26.8. The second kappa shape index (κ2) is 14.8. The molecule has 0 aliphatic rings. The van der Waals surface area contributed by atoms with E-state index < -0.39 is 0 Å². The number of hydrogen-bond acceptors (Lipinski definition) is 8. The van der Waals surface area contributed by atoms with E-state index in [1.807, 2.05) is 158 Å². The van der Waals surface area contributed by atoms with Gasteiger partial charge in [0, 0.05) is 41.7 Å². The standard InChI is InChI=1S/C42H32N2O6/c43-29-6-1-8-35(24-29)49-41-14-4-12-39(27-41)47-33-20-16-31(17-21-33)45-37-10-3-11-38(26-37)46-32-18-22-34(23-19-32)48-40-13-5-15-42(28-40)50-36-9-2-7-30(44)25-36/h1-28H,43-44H2. The predicted octanol–water partition coefficient (Wildman–Crippen LogP) is 11.6. The summed E-state index contributed by atoms with van der Waals surface area (Å²) in [5.74, 6) is 7.73. The molecule has 0 bridgehead atoms. The van der Waals surface area contributed by atoms with E-state index >= 15 is 0 Å². The summed E-state index contributed by atoms with van der Waals surface area (Å²) >= 11 is 0. The molecule has 0 atom stereocenters. The topological polar surface area (TPSA) is 107 Å². The third-order valence-electron chi connectivity index (χ3n) is 7.19. The molecule has 0 aliphatic carbocycles. The van der Waals surface area contributed by atoms with Crippen molar-refractivity contribution in [1.82, 2.24) is 0 Å². The van der Waals surface area contributed by atoms with Gasteiger partial charge < -0.3 is 39.9 Å². The van der Waals surface area contributed by atoms with Gasteiger partial charge in [0.15, 0.2) is 0 Å². The Morgan fingerprint density at radius 3 is 0.660 bits per heavy atom. The molecule has 0 saturated carbocycles. The second-order valence-corrected chi connectivity index (χ2v) is 11.1. The number of rotatable bonds is 12. The Hall–Kier alpha value is -7.06. The first kappa shape index (κ1) is 31.5. The van der Waals surface area contributed by atoms with Gasteiger partial charge >= 0.3 is 0 Å². The number of nitrogens with two attached hydrogens (primary N) is 2. The van der Waals surface area contributed by atoms with Gasteiger partial charge in [-0.1, -0.05) is 30.3 Å². The van der Waals surface area contributed by atoms with E-state index in [-0.39, 0.29) is 0 Å². The molecule has 8 heteroatoms. The lowest BCUT2D eigenvalue weighted by Crippen LogP contribution is -1.90. The van der Waals surface area contributed by atoms with Crippen LogP contribution in [0.15, 0.2) is 170 Å². The van der Waals surface area contributed by atoms with Crippen molar-refractivity contribution in [3.05, 3.63) is 170 Å². The van der Waals surface area contributed by atoms with Gasteiger partial charge in [-0.25, -0.2) is 0 Å². The van der Waals surface area contributed by atoms with Crippen LogP contribution >= 0.6 is 0 Å². The average molecular weight is 661 g/mol. The van der Waals surface area contributed by atoms with Crippen molar-refractivity contribution in [1.29, 1.82) is 0 Å². The minimum atomic E-state index is 0.628. The molecule has 0 heterocycles. The first-order valence-corrected chi connectivity index (χ1v) is 15.8. The van der Waals surface area contributed by atoms with E-state index in [4.69, 9.17) is 39.9 Å². The molecule has 0 aliphatic heterocycles. The Labute approximate surface area is 289 Å². The predicted molar refractivity (Wildman–Crippen MR) is 194 cm³/mol. The normalized spacial score (nSPS) is 10.6. The smallest absolute Gasteiger partial charge is 0.131 e. The molecule has 0 radical (unpaired) electrons. The molecule has 0 spiro atoms. The molecule has 7 aromatic carbocycles. The quantitative estimate of drug-likeness (QED) is 0.125. The van der Waals surface area contributed by atoms with Gasteiger partial charge in [-0.15, -0.1) is 0 Å². The third-order valence-corrected chi connectivity index (χ3v) is 7.19. The Balaban J connectivity index is 0.927. The van der Waals surface area contributed by atoms with E-state index in [2.05, 4.69) is 0 Å². The summed E-state index contributed by atoms with van der Waals surface area (Å²) in [6.07, 6.45) is 0. The molecule has 0 aromatic heterocycles. The Bertz CT molecular complexity index is 2050. The lowest BCUT2D eigenvalue weighted by molar-refractivity contribution is 0.450. The van der Waals surface area contributed by atoms with Crippen molar-refractivity contribution in [3.63, 3.8) is 0 Å². The van der Waals surface area contributed by atoms with Crippen LogP contribution in [0.3, 0.4) is 0 Å². The summed E-state index contributed by atoms with van der Waals surface area (Å²) in [5.41, 5.74) is 13.0. The zero-order chi connectivity index (χ0) is 34.1. The average Bonchev–Trinajstić information content (AvgIpc) is 3.11. The van der Waals surface area contributed by atoms with Crippen LogP contribution < -0.4 is 39.9 Å². The lowest BCUT2D eigenvalue weighted by atomic mass is 10.3. The molecule has 7 rings (SSSR count). The molecular formula is C42H32N2O6. The first-order chi connectivity index (χ1) is 24.5. The maximum atomic E-state index is 6.09. The molecule has 7 aromatic rings. The maximum Gasteiger partial charge on any atom is 0.131 e. The lowest BCUT2D eigenvalue weighted by Gasteiger charge is -2.12. The highest BCUT2D eigenvalue weighted by molar-refractivity contribution is 5.48. The SMILES string of the molecule is Nc1cccc(Oc2cccc(Oc3ccc(Oc4cccc(Oc5ccc(Oc6cccc(Oc7cccc(N)c7)c6)cc5)c4)cc3)c2)c1. The van der Waals surface area contributed by atoms with E-state index in [0.29, 0.717) is 80.4 Å². The number of hydrogen-bond donors (Lipinski definition) is 2. The molecule has 4 N–H and O–H groups in total. The molecule has 246 valence electrons. The van der Waals surface area contributed by atoms with Gasteiger partial charge in [-0.3, -0.25) is 0 Å². The van der Waals surface area contributed by atoms with Gasteiger partial charge in [-0.05, 0) is 109 Å². The molecule has 0 unspecified atom stereocenters. The largest absolute Gasteiger partial charge is 0.457 e. The Morgan fingerprint density at radius 2 is 0.420 bits per heavy atom. The van der Waals surface area contributed by atoms with Crippen molar-refractivity contribution in [2.45, 2.75) is 0 Å². The van der Waals surface area contributed by atoms with Crippen LogP contribution in [0.1, 0.15) is 0 Å². The van der Waals surface area contributed by atoms with Crippen LogP contribution in [0.25, 0.3) is 0 Å². The molecular weight excluding hydrogens is 628 g/mol. The fourth-order valence-electron chi connectivity index (χ4n) is 4.93. The van der Waals surface area contributed by atoms with Gasteiger partial charge in [0.2, 0.25) is 0 Å². The highest BCUT2D eigenvalue weighted by Crippen LogP contribution is 2.34. The first-order valence-electron chi connectivity index (χ1n) is 15.8. The highest BCUT2D eigenvalue weighted by Gasteiger charge is 2.07. The van der Waals surface area contributed by atoms with Crippen LogP contribution in [0.2, 0.25) is 0 Å². The van der Waals surface area contributed by atoms with Crippen molar-refractivity contribution in [2.24, 2.45) is 0 Å². The summed E-state index contributed by atoms with van der Waals surface area (Å²) in [7, 11) is 0. The summed E-state index contributed by atoms with van der Waals surface area (Å²) in [6, 6.07) is 51.5. The van der Waals surface area contributed by atoms with Gasteiger partial charge in [0.25, 0.3) is 0 Å². The van der Waals surface area contributed by atoms with Crippen LogP contribution in [-0.4, -0.2) is 0 Å². The summed E-state index contributed by atoms with van der Waals surface area (Å²) in [4.78, 5) is 0. The van der Waals surface area contributed by atoms with Crippen LogP contribution in [0, 0.1) is 0 Å². The second-order valence-electron chi connectivity index (χ2n) is 11.1. The van der Waals surface area contributed by atoms with Crippen LogP contribution in [-0.2, 0) is 0 Å². The van der Waals surface area contributed by atoms with Crippen molar-refractivity contribution in [3.8, 4) is 69.0 Å². The third kappa shape index (κ3) is 8.64.